The molecular weight excluding hydrogens is 622 g/mol. The number of amides is 1. The van der Waals surface area contributed by atoms with Gasteiger partial charge in [-0.1, -0.05) is 187 Å². The van der Waals surface area contributed by atoms with Crippen LogP contribution in [0.15, 0.2) is 12.2 Å². The Morgan fingerprint density at radius 1 is 0.560 bits per heavy atom. The summed E-state index contributed by atoms with van der Waals surface area (Å²) < 4.78 is 5.87. The van der Waals surface area contributed by atoms with Gasteiger partial charge in [-0.25, -0.2) is 0 Å². The number of aliphatic hydroxyl groups is 2. The van der Waals surface area contributed by atoms with E-state index >= 15 is 0 Å². The van der Waals surface area contributed by atoms with E-state index in [0.717, 1.165) is 64.2 Å². The molecule has 3 atom stereocenters. The number of hydrogen-bond acceptors (Lipinski definition) is 5. The van der Waals surface area contributed by atoms with E-state index in [1.54, 1.807) is 0 Å². The lowest BCUT2D eigenvalue weighted by atomic mass is 10.0. The van der Waals surface area contributed by atoms with Gasteiger partial charge in [0.1, 0.15) is 6.10 Å². The summed E-state index contributed by atoms with van der Waals surface area (Å²) in [6.07, 6.45) is 39.9. The Hall–Kier alpha value is -1.40. The van der Waals surface area contributed by atoms with Gasteiger partial charge in [-0.15, -0.1) is 0 Å². The molecule has 0 aliphatic rings. The summed E-state index contributed by atoms with van der Waals surface area (Å²) in [5.74, 6) is -0.485. The van der Waals surface area contributed by atoms with Crippen LogP contribution in [-0.4, -0.2) is 46.9 Å². The van der Waals surface area contributed by atoms with Gasteiger partial charge in [-0.3, -0.25) is 9.59 Å². The van der Waals surface area contributed by atoms with Crippen molar-refractivity contribution in [1.29, 1.82) is 0 Å². The predicted octanol–water partition coefficient (Wildman–Crippen LogP) is 12.2. The first-order valence-corrected chi connectivity index (χ1v) is 21.9. The first-order valence-electron chi connectivity index (χ1n) is 21.9. The van der Waals surface area contributed by atoms with Crippen LogP contribution in [0.25, 0.3) is 0 Å². The molecule has 1 amide bonds. The number of unbranched alkanes of at least 4 members (excludes halogenated alkanes) is 25. The highest BCUT2D eigenvalue weighted by atomic mass is 16.5. The van der Waals surface area contributed by atoms with Crippen LogP contribution in [-0.2, 0) is 14.3 Å². The topological polar surface area (TPSA) is 95.9 Å². The smallest absolute Gasteiger partial charge is 0.306 e. The van der Waals surface area contributed by atoms with E-state index in [2.05, 4.69) is 38.2 Å². The van der Waals surface area contributed by atoms with Gasteiger partial charge in [-0.05, 0) is 44.9 Å². The van der Waals surface area contributed by atoms with Crippen LogP contribution < -0.4 is 5.32 Å². The zero-order valence-corrected chi connectivity index (χ0v) is 33.5. The molecule has 0 heterocycles. The van der Waals surface area contributed by atoms with E-state index in [4.69, 9.17) is 4.74 Å². The maximum Gasteiger partial charge on any atom is 0.306 e. The average molecular weight is 708 g/mol. The quantitative estimate of drug-likeness (QED) is 0.0336. The summed E-state index contributed by atoms with van der Waals surface area (Å²) in [7, 11) is 0. The molecule has 0 saturated heterocycles. The minimum Gasteiger partial charge on any atom is -0.462 e. The van der Waals surface area contributed by atoms with E-state index in [-0.39, 0.29) is 24.9 Å². The molecule has 0 aromatic rings. The number of carbonyl (C=O) groups excluding carboxylic acids is 2. The summed E-state index contributed by atoms with van der Waals surface area (Å²) in [6.45, 7) is 6.41. The second-order valence-electron chi connectivity index (χ2n) is 15.1. The number of aliphatic hydroxyl groups excluding tert-OH is 2. The Morgan fingerprint density at radius 2 is 0.980 bits per heavy atom. The van der Waals surface area contributed by atoms with Gasteiger partial charge < -0.3 is 20.3 Å². The molecule has 0 aliphatic heterocycles. The molecule has 0 bridgehead atoms. The molecule has 0 saturated carbocycles. The van der Waals surface area contributed by atoms with Crippen molar-refractivity contribution < 1.29 is 24.5 Å². The molecule has 0 spiro atoms. The summed E-state index contributed by atoms with van der Waals surface area (Å²) in [4.78, 5) is 25.8. The summed E-state index contributed by atoms with van der Waals surface area (Å²) in [5, 5.41) is 23.5. The van der Waals surface area contributed by atoms with Crippen LogP contribution in [0.5, 0.6) is 0 Å². The van der Waals surface area contributed by atoms with Crippen molar-refractivity contribution in [1.82, 2.24) is 5.32 Å². The lowest BCUT2D eigenvalue weighted by molar-refractivity contribution is -0.151. The molecule has 0 aromatic heterocycles. The van der Waals surface area contributed by atoms with E-state index in [1.807, 2.05) is 0 Å². The highest BCUT2D eigenvalue weighted by molar-refractivity contribution is 5.77. The van der Waals surface area contributed by atoms with Crippen molar-refractivity contribution in [3.05, 3.63) is 12.2 Å². The zero-order chi connectivity index (χ0) is 36.8. The molecule has 0 rings (SSSR count). The number of carbonyl (C=O) groups is 2. The second-order valence-corrected chi connectivity index (χ2v) is 15.1. The molecule has 6 heteroatoms. The fraction of sp³-hybridized carbons (Fsp3) is 0.909. The molecule has 296 valence electrons. The van der Waals surface area contributed by atoms with Crippen LogP contribution in [0, 0.1) is 0 Å². The van der Waals surface area contributed by atoms with E-state index < -0.39 is 18.2 Å². The Kier molecular flexibility index (Phi) is 37.7. The van der Waals surface area contributed by atoms with Gasteiger partial charge in [0.25, 0.3) is 0 Å². The van der Waals surface area contributed by atoms with Crippen molar-refractivity contribution in [2.45, 2.75) is 251 Å². The SMILES string of the molecule is CCCC/C=C\CCCCCC(CC(=O)NC(CO)C(O)CCCCCCCCCCCCC)OC(=O)CCCCCCCCCCCCC. The van der Waals surface area contributed by atoms with Gasteiger partial charge >= 0.3 is 5.97 Å². The largest absolute Gasteiger partial charge is 0.462 e. The molecule has 0 aliphatic carbocycles. The highest BCUT2D eigenvalue weighted by Crippen LogP contribution is 2.17. The minimum atomic E-state index is -0.782. The number of nitrogens with one attached hydrogen (secondary N) is 1. The van der Waals surface area contributed by atoms with Crippen molar-refractivity contribution in [3.63, 3.8) is 0 Å². The third kappa shape index (κ3) is 33.7. The monoisotopic (exact) mass is 708 g/mol. The van der Waals surface area contributed by atoms with Gasteiger partial charge in [0, 0.05) is 6.42 Å². The number of esters is 1. The van der Waals surface area contributed by atoms with Gasteiger partial charge in [0.15, 0.2) is 0 Å². The average Bonchev–Trinajstić information content (AvgIpc) is 3.10. The summed E-state index contributed by atoms with van der Waals surface area (Å²) in [6, 6.07) is -0.696. The fourth-order valence-corrected chi connectivity index (χ4v) is 6.70. The van der Waals surface area contributed by atoms with E-state index in [9.17, 15) is 19.8 Å². The molecule has 6 nitrogen and oxygen atoms in total. The number of rotatable bonds is 39. The third-order valence-electron chi connectivity index (χ3n) is 10.1. The van der Waals surface area contributed by atoms with Crippen molar-refractivity contribution in [3.8, 4) is 0 Å². The van der Waals surface area contributed by atoms with Crippen LogP contribution in [0.2, 0.25) is 0 Å². The van der Waals surface area contributed by atoms with Gasteiger partial charge in [-0.2, -0.15) is 0 Å². The van der Waals surface area contributed by atoms with Crippen molar-refractivity contribution in [2.24, 2.45) is 0 Å². The number of hydrogen-bond donors (Lipinski definition) is 3. The molecule has 3 unspecified atom stereocenters. The van der Waals surface area contributed by atoms with Gasteiger partial charge in [0.05, 0.1) is 25.2 Å². The van der Waals surface area contributed by atoms with Gasteiger partial charge in [0.2, 0.25) is 5.91 Å². The highest BCUT2D eigenvalue weighted by Gasteiger charge is 2.24. The second kappa shape index (κ2) is 38.8. The zero-order valence-electron chi connectivity index (χ0n) is 33.5. The molecule has 3 N–H and O–H groups in total. The lowest BCUT2D eigenvalue weighted by Gasteiger charge is -2.24. The first-order chi connectivity index (χ1) is 24.5. The maximum atomic E-state index is 13.1. The fourth-order valence-electron chi connectivity index (χ4n) is 6.70. The van der Waals surface area contributed by atoms with Crippen LogP contribution in [0.3, 0.4) is 0 Å². The number of ether oxygens (including phenoxy) is 1. The Morgan fingerprint density at radius 3 is 1.48 bits per heavy atom. The normalized spacial score (nSPS) is 13.5. The molecule has 0 radical (unpaired) electrons. The standard InChI is InChI=1S/C44H85NO5/c1-4-7-10-13-16-19-21-24-27-30-33-36-42(47)41(39-46)45-43(48)38-40(35-32-29-26-23-18-15-12-9-6-3)50-44(49)37-34-31-28-25-22-20-17-14-11-8-5-2/h15,18,40-42,46-47H,4-14,16-17,19-39H2,1-3H3,(H,45,48)/b18-15-. The van der Waals surface area contributed by atoms with E-state index in [0.29, 0.717) is 19.3 Å². The first kappa shape index (κ1) is 48.6. The predicted molar refractivity (Wildman–Crippen MR) is 213 cm³/mol. The Bertz CT molecular complexity index is 757. The van der Waals surface area contributed by atoms with Crippen molar-refractivity contribution >= 4 is 11.9 Å². The minimum absolute atomic E-state index is 0.0720. The Labute approximate surface area is 310 Å². The molecule has 0 fully saturated rings. The summed E-state index contributed by atoms with van der Waals surface area (Å²) in [5.41, 5.74) is 0. The summed E-state index contributed by atoms with van der Waals surface area (Å²) >= 11 is 0. The third-order valence-corrected chi connectivity index (χ3v) is 10.1. The molecular formula is C44H85NO5. The van der Waals surface area contributed by atoms with Crippen molar-refractivity contribution in [2.75, 3.05) is 6.61 Å². The maximum absolute atomic E-state index is 13.1. The molecule has 0 aromatic carbocycles. The van der Waals surface area contributed by atoms with Crippen LogP contribution in [0.1, 0.15) is 233 Å². The molecule has 50 heavy (non-hydrogen) atoms. The Balaban J connectivity index is 4.54. The number of allylic oxidation sites excluding steroid dienone is 2. The van der Waals surface area contributed by atoms with E-state index in [1.165, 1.54) is 122 Å². The van der Waals surface area contributed by atoms with Crippen LogP contribution in [0.4, 0.5) is 0 Å². The lowest BCUT2D eigenvalue weighted by Crippen LogP contribution is -2.46. The van der Waals surface area contributed by atoms with Crippen LogP contribution >= 0.6 is 0 Å².